The van der Waals surface area contributed by atoms with E-state index in [1.54, 1.807) is 4.68 Å². The second-order valence-electron chi connectivity index (χ2n) is 6.06. The highest BCUT2D eigenvalue weighted by Crippen LogP contribution is 2.24. The van der Waals surface area contributed by atoms with Crippen LogP contribution in [0.4, 0.5) is 13.2 Å². The molecule has 0 spiro atoms. The van der Waals surface area contributed by atoms with E-state index < -0.39 is 12.1 Å². The SMILES string of the molecule is Cc1nn(C)c(C)c1CNC(=O)C1CCN(C(=O)C(F)(F)F)CC1. The molecular formula is C15H21F3N4O2. The molecule has 9 heteroatoms. The normalized spacial score (nSPS) is 16.3. The zero-order valence-electron chi connectivity index (χ0n) is 13.9. The lowest BCUT2D eigenvalue weighted by Gasteiger charge is -2.31. The second kappa shape index (κ2) is 6.82. The number of likely N-dealkylation sites (tertiary alicyclic amines) is 1. The van der Waals surface area contributed by atoms with Gasteiger partial charge in [0.1, 0.15) is 0 Å². The number of aryl methyl sites for hydroxylation is 2. The molecule has 0 unspecified atom stereocenters. The summed E-state index contributed by atoms with van der Waals surface area (Å²) in [5.41, 5.74) is 2.73. The van der Waals surface area contributed by atoms with Gasteiger partial charge in [-0.3, -0.25) is 14.3 Å². The molecule has 0 aliphatic carbocycles. The molecular weight excluding hydrogens is 325 g/mol. The van der Waals surface area contributed by atoms with Crippen LogP contribution in [0.25, 0.3) is 0 Å². The van der Waals surface area contributed by atoms with Crippen LogP contribution in [-0.2, 0) is 23.2 Å². The summed E-state index contributed by atoms with van der Waals surface area (Å²) < 4.78 is 38.9. The fourth-order valence-electron chi connectivity index (χ4n) is 2.92. The maximum atomic E-state index is 12.4. The van der Waals surface area contributed by atoms with E-state index in [1.165, 1.54) is 0 Å². The molecule has 2 amide bonds. The summed E-state index contributed by atoms with van der Waals surface area (Å²) in [5.74, 6) is -2.40. The quantitative estimate of drug-likeness (QED) is 0.901. The van der Waals surface area contributed by atoms with Gasteiger partial charge < -0.3 is 10.2 Å². The zero-order chi connectivity index (χ0) is 18.1. The largest absolute Gasteiger partial charge is 0.471 e. The van der Waals surface area contributed by atoms with Crippen molar-refractivity contribution >= 4 is 11.8 Å². The third-order valence-corrected chi connectivity index (χ3v) is 4.49. The number of hydrogen-bond acceptors (Lipinski definition) is 3. The van der Waals surface area contributed by atoms with E-state index in [2.05, 4.69) is 10.4 Å². The van der Waals surface area contributed by atoms with Gasteiger partial charge in [0, 0.05) is 43.9 Å². The van der Waals surface area contributed by atoms with Crippen molar-refractivity contribution in [3.8, 4) is 0 Å². The summed E-state index contributed by atoms with van der Waals surface area (Å²) in [6.45, 7) is 3.99. The number of nitrogens with zero attached hydrogens (tertiary/aromatic N) is 3. The van der Waals surface area contributed by atoms with Crippen molar-refractivity contribution in [3.63, 3.8) is 0 Å². The van der Waals surface area contributed by atoms with E-state index >= 15 is 0 Å². The van der Waals surface area contributed by atoms with Crippen LogP contribution in [0.15, 0.2) is 0 Å². The number of amides is 2. The third-order valence-electron chi connectivity index (χ3n) is 4.49. The van der Waals surface area contributed by atoms with Crippen LogP contribution in [0.1, 0.15) is 29.8 Å². The van der Waals surface area contributed by atoms with Crippen LogP contribution in [-0.4, -0.2) is 45.8 Å². The monoisotopic (exact) mass is 346 g/mol. The lowest BCUT2D eigenvalue weighted by atomic mass is 9.95. The van der Waals surface area contributed by atoms with Crippen LogP contribution in [0.5, 0.6) is 0 Å². The molecule has 1 aromatic rings. The number of rotatable bonds is 3. The molecule has 0 saturated carbocycles. The number of nitrogens with one attached hydrogen (secondary N) is 1. The molecule has 1 N–H and O–H groups in total. The van der Waals surface area contributed by atoms with Gasteiger partial charge in [0.15, 0.2) is 0 Å². The lowest BCUT2D eigenvalue weighted by molar-refractivity contribution is -0.186. The van der Waals surface area contributed by atoms with E-state index in [0.29, 0.717) is 6.54 Å². The van der Waals surface area contributed by atoms with E-state index in [1.807, 2.05) is 20.9 Å². The summed E-state index contributed by atoms with van der Waals surface area (Å²) in [4.78, 5) is 24.1. The summed E-state index contributed by atoms with van der Waals surface area (Å²) in [5, 5.41) is 7.09. The highest BCUT2D eigenvalue weighted by Gasteiger charge is 2.43. The van der Waals surface area contributed by atoms with E-state index in [9.17, 15) is 22.8 Å². The summed E-state index contributed by atoms with van der Waals surface area (Å²) in [6, 6.07) is 0. The molecule has 1 aromatic heterocycles. The maximum absolute atomic E-state index is 12.4. The molecule has 0 radical (unpaired) electrons. The Labute approximate surface area is 138 Å². The number of halogens is 3. The molecule has 0 aromatic carbocycles. The van der Waals surface area contributed by atoms with Crippen LogP contribution < -0.4 is 5.32 Å². The minimum Gasteiger partial charge on any atom is -0.352 e. The fraction of sp³-hybridized carbons (Fsp3) is 0.667. The van der Waals surface area contributed by atoms with E-state index in [0.717, 1.165) is 21.9 Å². The van der Waals surface area contributed by atoms with Gasteiger partial charge in [-0.15, -0.1) is 0 Å². The number of piperidine rings is 1. The average molecular weight is 346 g/mol. The minimum atomic E-state index is -4.86. The molecule has 1 aliphatic heterocycles. The first-order valence-electron chi connectivity index (χ1n) is 7.74. The Morgan fingerprint density at radius 3 is 2.29 bits per heavy atom. The number of alkyl halides is 3. The Bertz CT molecular complexity index is 631. The Hall–Kier alpha value is -2.06. The molecule has 6 nitrogen and oxygen atoms in total. The van der Waals surface area contributed by atoms with Crippen molar-refractivity contribution in [3.05, 3.63) is 17.0 Å². The zero-order valence-corrected chi connectivity index (χ0v) is 13.9. The topological polar surface area (TPSA) is 67.2 Å². The van der Waals surface area contributed by atoms with Gasteiger partial charge in [-0.05, 0) is 26.7 Å². The predicted octanol–water partition coefficient (Wildman–Crippen LogP) is 1.45. The highest BCUT2D eigenvalue weighted by molar-refractivity contribution is 5.83. The van der Waals surface area contributed by atoms with Crippen LogP contribution in [0, 0.1) is 19.8 Å². The van der Waals surface area contributed by atoms with Gasteiger partial charge in [0.25, 0.3) is 0 Å². The van der Waals surface area contributed by atoms with Crippen molar-refractivity contribution in [2.24, 2.45) is 13.0 Å². The first-order chi connectivity index (χ1) is 11.1. The first-order valence-corrected chi connectivity index (χ1v) is 7.74. The van der Waals surface area contributed by atoms with Gasteiger partial charge in [0.05, 0.1) is 5.69 Å². The molecule has 1 fully saturated rings. The van der Waals surface area contributed by atoms with Gasteiger partial charge in [-0.25, -0.2) is 0 Å². The summed E-state index contributed by atoms with van der Waals surface area (Å²) >= 11 is 0. The van der Waals surface area contributed by atoms with Crippen molar-refractivity contribution in [2.45, 2.75) is 39.4 Å². The van der Waals surface area contributed by atoms with E-state index in [-0.39, 0.29) is 37.8 Å². The molecule has 1 saturated heterocycles. The van der Waals surface area contributed by atoms with Gasteiger partial charge >= 0.3 is 12.1 Å². The molecule has 134 valence electrons. The van der Waals surface area contributed by atoms with Crippen LogP contribution in [0.2, 0.25) is 0 Å². The third kappa shape index (κ3) is 3.88. The number of carbonyl (C=O) groups excluding carboxylic acids is 2. The fourth-order valence-corrected chi connectivity index (χ4v) is 2.92. The molecule has 1 aliphatic rings. The maximum Gasteiger partial charge on any atom is 0.471 e. The molecule has 0 atom stereocenters. The number of aromatic nitrogens is 2. The number of carbonyl (C=O) groups is 2. The van der Waals surface area contributed by atoms with Gasteiger partial charge in [-0.2, -0.15) is 18.3 Å². The molecule has 2 rings (SSSR count). The first kappa shape index (κ1) is 18.3. The molecule has 24 heavy (non-hydrogen) atoms. The van der Waals surface area contributed by atoms with Gasteiger partial charge in [-0.1, -0.05) is 0 Å². The van der Waals surface area contributed by atoms with Crippen molar-refractivity contribution in [1.29, 1.82) is 0 Å². The Morgan fingerprint density at radius 1 is 1.25 bits per heavy atom. The molecule has 2 heterocycles. The second-order valence-corrected chi connectivity index (χ2v) is 6.06. The lowest BCUT2D eigenvalue weighted by Crippen LogP contribution is -2.47. The van der Waals surface area contributed by atoms with Crippen molar-refractivity contribution < 1.29 is 22.8 Å². The Kier molecular flexibility index (Phi) is 5.19. The van der Waals surface area contributed by atoms with Gasteiger partial charge in [0.2, 0.25) is 5.91 Å². The highest BCUT2D eigenvalue weighted by atomic mass is 19.4. The van der Waals surface area contributed by atoms with Crippen LogP contribution >= 0.6 is 0 Å². The average Bonchev–Trinajstić information content (AvgIpc) is 2.76. The van der Waals surface area contributed by atoms with Crippen LogP contribution in [0.3, 0.4) is 0 Å². The molecule has 0 bridgehead atoms. The number of hydrogen-bond donors (Lipinski definition) is 1. The summed E-state index contributed by atoms with van der Waals surface area (Å²) in [7, 11) is 1.82. The standard InChI is InChI=1S/C15H21F3N4O2/c1-9-12(10(2)21(3)20-9)8-19-13(23)11-4-6-22(7-5-11)14(24)15(16,17)18/h11H,4-8H2,1-3H3,(H,19,23). The minimum absolute atomic E-state index is 0.0542. The Balaban J connectivity index is 1.86. The van der Waals surface area contributed by atoms with E-state index in [4.69, 9.17) is 0 Å². The summed E-state index contributed by atoms with van der Waals surface area (Å²) in [6.07, 6.45) is -4.39. The van der Waals surface area contributed by atoms with Crippen molar-refractivity contribution in [1.82, 2.24) is 20.0 Å². The Morgan fingerprint density at radius 2 is 1.83 bits per heavy atom. The smallest absolute Gasteiger partial charge is 0.352 e. The van der Waals surface area contributed by atoms with Crippen molar-refractivity contribution in [2.75, 3.05) is 13.1 Å². The predicted molar refractivity (Wildman–Crippen MR) is 79.9 cm³/mol.